The van der Waals surface area contributed by atoms with E-state index in [9.17, 15) is 9.59 Å². The second-order valence-corrected chi connectivity index (χ2v) is 6.41. The molecule has 0 aliphatic rings. The number of nitrogens with one attached hydrogen (secondary N) is 1. The summed E-state index contributed by atoms with van der Waals surface area (Å²) in [7, 11) is 0. The van der Waals surface area contributed by atoms with Gasteiger partial charge in [0.05, 0.1) is 15.7 Å². The average molecular weight is 400 g/mol. The Labute approximate surface area is 162 Å². The third-order valence-corrected chi connectivity index (χ3v) is 4.31. The Kier molecular flexibility index (Phi) is 4.39. The number of rotatable bonds is 3. The van der Waals surface area contributed by atoms with Crippen molar-refractivity contribution in [3.05, 3.63) is 87.0 Å². The zero-order valence-corrected chi connectivity index (χ0v) is 15.1. The Bertz CT molecular complexity index is 1220. The molecule has 3 aromatic heterocycles. The van der Waals surface area contributed by atoms with E-state index >= 15 is 0 Å². The lowest BCUT2D eigenvalue weighted by atomic mass is 10.3. The minimum Gasteiger partial charge on any atom is -0.304 e. The maximum absolute atomic E-state index is 12.9. The van der Waals surface area contributed by atoms with Gasteiger partial charge in [-0.3, -0.25) is 9.59 Å². The van der Waals surface area contributed by atoms with Crippen molar-refractivity contribution in [1.82, 2.24) is 19.2 Å². The maximum Gasteiger partial charge on any atom is 0.275 e. The molecule has 0 fully saturated rings. The van der Waals surface area contributed by atoms with Crippen molar-refractivity contribution in [3.8, 4) is 5.69 Å². The van der Waals surface area contributed by atoms with Gasteiger partial charge in [-0.2, -0.15) is 4.52 Å². The van der Waals surface area contributed by atoms with Crippen molar-refractivity contribution in [2.45, 2.75) is 0 Å². The summed E-state index contributed by atoms with van der Waals surface area (Å²) in [5, 5.41) is 3.20. The smallest absolute Gasteiger partial charge is 0.275 e. The highest BCUT2D eigenvalue weighted by Crippen LogP contribution is 2.23. The first kappa shape index (κ1) is 17.3. The second kappa shape index (κ2) is 6.86. The molecule has 0 aliphatic heterocycles. The van der Waals surface area contributed by atoms with Crippen LogP contribution in [-0.4, -0.2) is 25.1 Å². The van der Waals surface area contributed by atoms with Gasteiger partial charge < -0.3 is 5.32 Å². The molecule has 1 N–H and O–H groups in total. The Morgan fingerprint density at radius 3 is 2.56 bits per heavy atom. The van der Waals surface area contributed by atoms with Crippen LogP contribution < -0.4 is 10.9 Å². The standard InChI is InChI=1S/C18H11Cl2N5O2/c19-11-8-13(20)17(22-10-11)23-18(27)14-9-15-21-7-6-16(26)25(15)24(14)12-4-2-1-3-5-12/h1-10H,(H,22,23,27). The Hall–Kier alpha value is -3.16. The highest BCUT2D eigenvalue weighted by molar-refractivity contribution is 6.36. The molecule has 9 heteroatoms. The zero-order valence-electron chi connectivity index (χ0n) is 13.6. The van der Waals surface area contributed by atoms with E-state index in [1.54, 1.807) is 12.1 Å². The van der Waals surface area contributed by atoms with Crippen molar-refractivity contribution >= 4 is 40.6 Å². The van der Waals surface area contributed by atoms with Gasteiger partial charge in [0.2, 0.25) is 0 Å². The fourth-order valence-corrected chi connectivity index (χ4v) is 3.10. The van der Waals surface area contributed by atoms with Crippen molar-refractivity contribution in [1.29, 1.82) is 0 Å². The van der Waals surface area contributed by atoms with Gasteiger partial charge in [0.1, 0.15) is 5.69 Å². The van der Waals surface area contributed by atoms with E-state index in [1.165, 1.54) is 39.8 Å². The SMILES string of the molecule is O=C(Nc1ncc(Cl)cc1Cl)c1cc2nccc(=O)n2n1-c1ccccc1. The van der Waals surface area contributed by atoms with E-state index in [0.29, 0.717) is 16.4 Å². The molecule has 1 aromatic carbocycles. The molecule has 7 nitrogen and oxygen atoms in total. The van der Waals surface area contributed by atoms with Crippen molar-refractivity contribution in [2.75, 3.05) is 5.32 Å². The molecule has 1 amide bonds. The summed E-state index contributed by atoms with van der Waals surface area (Å²) in [6, 6.07) is 13.3. The van der Waals surface area contributed by atoms with E-state index in [1.807, 2.05) is 18.2 Å². The number of nitrogens with zero attached hydrogens (tertiary/aromatic N) is 4. The molecule has 0 aliphatic carbocycles. The predicted molar refractivity (Wildman–Crippen MR) is 103 cm³/mol. The van der Waals surface area contributed by atoms with Crippen molar-refractivity contribution < 1.29 is 4.79 Å². The predicted octanol–water partition coefficient (Wildman–Crippen LogP) is 3.44. The summed E-state index contributed by atoms with van der Waals surface area (Å²) in [6.45, 7) is 0. The number of pyridine rings is 1. The van der Waals surface area contributed by atoms with E-state index < -0.39 is 5.91 Å². The third kappa shape index (κ3) is 3.18. The minimum atomic E-state index is -0.500. The highest BCUT2D eigenvalue weighted by Gasteiger charge is 2.20. The molecule has 0 unspecified atom stereocenters. The van der Waals surface area contributed by atoms with Crippen molar-refractivity contribution in [3.63, 3.8) is 0 Å². The molecule has 0 saturated carbocycles. The fourth-order valence-electron chi connectivity index (χ4n) is 2.67. The normalized spacial score (nSPS) is 10.9. The fraction of sp³-hybridized carbons (Fsp3) is 0. The van der Waals surface area contributed by atoms with E-state index in [2.05, 4.69) is 15.3 Å². The van der Waals surface area contributed by atoms with Gasteiger partial charge in [0.15, 0.2) is 11.5 Å². The van der Waals surface area contributed by atoms with Crippen LogP contribution in [0.25, 0.3) is 11.3 Å². The number of hydrogen-bond donors (Lipinski definition) is 1. The van der Waals surface area contributed by atoms with Crippen LogP contribution in [-0.2, 0) is 0 Å². The van der Waals surface area contributed by atoms with Gasteiger partial charge in [-0.1, -0.05) is 41.4 Å². The number of benzene rings is 1. The van der Waals surface area contributed by atoms with Crippen LogP contribution in [0.3, 0.4) is 0 Å². The van der Waals surface area contributed by atoms with E-state index in [0.717, 1.165) is 0 Å². The zero-order chi connectivity index (χ0) is 19.0. The van der Waals surface area contributed by atoms with Crippen LogP contribution >= 0.6 is 23.2 Å². The molecule has 4 aromatic rings. The molecule has 0 atom stereocenters. The second-order valence-electron chi connectivity index (χ2n) is 5.57. The number of amides is 1. The quantitative estimate of drug-likeness (QED) is 0.571. The van der Waals surface area contributed by atoms with Crippen LogP contribution in [0.2, 0.25) is 10.0 Å². The minimum absolute atomic E-state index is 0.163. The lowest BCUT2D eigenvalue weighted by molar-refractivity contribution is 0.101. The van der Waals surface area contributed by atoms with Crippen LogP contribution in [0.4, 0.5) is 5.82 Å². The monoisotopic (exact) mass is 399 g/mol. The summed E-state index contributed by atoms with van der Waals surface area (Å²) >= 11 is 11.9. The summed E-state index contributed by atoms with van der Waals surface area (Å²) in [5.41, 5.74) is 0.852. The molecule has 4 rings (SSSR count). The first-order valence-corrected chi connectivity index (χ1v) is 8.58. The number of carbonyl (C=O) groups is 1. The molecular formula is C18H11Cl2N5O2. The molecule has 0 bridgehead atoms. The summed E-state index contributed by atoms with van der Waals surface area (Å²) in [6.07, 6.45) is 2.77. The number of aromatic nitrogens is 4. The van der Waals surface area contributed by atoms with Gasteiger partial charge >= 0.3 is 0 Å². The largest absolute Gasteiger partial charge is 0.304 e. The first-order valence-electron chi connectivity index (χ1n) is 7.82. The van der Waals surface area contributed by atoms with Gasteiger partial charge in [0.25, 0.3) is 11.5 Å². The van der Waals surface area contributed by atoms with Crippen LogP contribution in [0.1, 0.15) is 10.5 Å². The molecule has 0 saturated heterocycles. The van der Waals surface area contributed by atoms with Gasteiger partial charge in [0, 0.05) is 24.5 Å². The maximum atomic E-state index is 12.9. The van der Waals surface area contributed by atoms with E-state index in [-0.39, 0.29) is 22.1 Å². The number of anilines is 1. The van der Waals surface area contributed by atoms with Gasteiger partial charge in [-0.05, 0) is 18.2 Å². The number of halogens is 2. The third-order valence-electron chi connectivity index (χ3n) is 3.82. The lowest BCUT2D eigenvalue weighted by Gasteiger charge is -2.11. The van der Waals surface area contributed by atoms with Crippen molar-refractivity contribution in [2.24, 2.45) is 0 Å². The van der Waals surface area contributed by atoms with Crippen LogP contribution in [0, 0.1) is 0 Å². The number of hydrogen-bond acceptors (Lipinski definition) is 4. The summed E-state index contributed by atoms with van der Waals surface area (Å²) < 4.78 is 2.81. The Morgan fingerprint density at radius 2 is 1.81 bits per heavy atom. The molecular weight excluding hydrogens is 389 g/mol. The average Bonchev–Trinajstić information content (AvgIpc) is 3.06. The Balaban J connectivity index is 1.87. The topological polar surface area (TPSA) is 81.3 Å². The summed E-state index contributed by atoms with van der Waals surface area (Å²) in [5.74, 6) is -0.336. The van der Waals surface area contributed by atoms with E-state index in [4.69, 9.17) is 23.2 Å². The van der Waals surface area contributed by atoms with Crippen LogP contribution in [0.5, 0.6) is 0 Å². The number of fused-ring (bicyclic) bond motifs is 1. The first-order chi connectivity index (χ1) is 13.0. The molecule has 3 heterocycles. The lowest BCUT2D eigenvalue weighted by Crippen LogP contribution is -2.24. The number of carbonyl (C=O) groups excluding carboxylic acids is 1. The molecule has 134 valence electrons. The Morgan fingerprint density at radius 1 is 1.04 bits per heavy atom. The van der Waals surface area contributed by atoms with Gasteiger partial charge in [-0.25, -0.2) is 14.6 Å². The van der Waals surface area contributed by atoms with Gasteiger partial charge in [-0.15, -0.1) is 0 Å². The molecule has 0 radical (unpaired) electrons. The highest BCUT2D eigenvalue weighted by atomic mass is 35.5. The summed E-state index contributed by atoms with van der Waals surface area (Å²) in [4.78, 5) is 33.5. The molecule has 27 heavy (non-hydrogen) atoms. The van der Waals surface area contributed by atoms with Crippen LogP contribution in [0.15, 0.2) is 65.7 Å². The number of para-hydroxylation sites is 1. The molecule has 0 spiro atoms.